The molecule has 4 heteroatoms. The van der Waals surface area contributed by atoms with Crippen LogP contribution in [0.15, 0.2) is 16.8 Å². The minimum Gasteiger partial charge on any atom is -1.00 e. The molecule has 1 aromatic heterocycles. The molecule has 0 saturated heterocycles. The average Bonchev–Trinajstić information content (AvgIpc) is 1.86. The van der Waals surface area contributed by atoms with E-state index in [0.717, 1.165) is 0 Å². The second kappa shape index (κ2) is 9.43. The predicted octanol–water partition coefficient (Wildman–Crippen LogP) is -4.32. The smallest absolute Gasteiger partial charge is 1.00 e. The maximum atomic E-state index is 2.12. The molecule has 0 N–H and O–H groups in total. The van der Waals surface area contributed by atoms with Gasteiger partial charge in [-0.15, -0.1) is 0 Å². The van der Waals surface area contributed by atoms with Crippen molar-refractivity contribution in [2.45, 2.75) is 6.92 Å². The summed E-state index contributed by atoms with van der Waals surface area (Å²) in [5.41, 5.74) is 1.36. The van der Waals surface area contributed by atoms with Crippen LogP contribution in [0.25, 0.3) is 0 Å². The molecule has 0 unspecified atom stereocenters. The molecule has 1 aromatic rings. The number of aryl methyl sites for hydroxylation is 1. The van der Waals surface area contributed by atoms with Crippen LogP contribution in [-0.2, 0) is 0 Å². The quantitative estimate of drug-likeness (QED) is 0.422. The van der Waals surface area contributed by atoms with Crippen molar-refractivity contribution in [2.24, 2.45) is 0 Å². The van der Waals surface area contributed by atoms with Gasteiger partial charge in [-0.3, -0.25) is 0 Å². The summed E-state index contributed by atoms with van der Waals surface area (Å²) < 4.78 is 0. The predicted molar refractivity (Wildman–Crippen MR) is 34.8 cm³/mol. The molecule has 0 bridgehead atoms. The van der Waals surface area contributed by atoms with Crippen molar-refractivity contribution >= 4 is 34.4 Å². The van der Waals surface area contributed by atoms with E-state index in [0.29, 0.717) is 0 Å². The van der Waals surface area contributed by atoms with Gasteiger partial charge in [0.25, 0.3) is 0 Å². The van der Waals surface area contributed by atoms with Crippen molar-refractivity contribution in [3.05, 3.63) is 22.4 Å². The van der Waals surface area contributed by atoms with Crippen LogP contribution in [0.4, 0.5) is 0 Å². The van der Waals surface area contributed by atoms with Crippen LogP contribution in [0.1, 0.15) is 5.56 Å². The fraction of sp³-hybridized carbons (Fsp3) is 0.200. The summed E-state index contributed by atoms with van der Waals surface area (Å²) in [5.74, 6) is 0. The minimum atomic E-state index is 0. The molecule has 0 fully saturated rings. The molecule has 0 saturated carbocycles. The summed E-state index contributed by atoms with van der Waals surface area (Å²) in [7, 11) is 0. The normalized spacial score (nSPS) is 5.89. The third-order valence-corrected chi connectivity index (χ3v) is 1.46. The molecule has 9 heavy (non-hydrogen) atoms. The molecule has 0 radical (unpaired) electrons. The second-order valence-corrected chi connectivity index (χ2v) is 2.08. The molecule has 0 amide bonds. The molecule has 48 valence electrons. The molecule has 0 aliphatic carbocycles. The average molecular weight is 282 g/mol. The Morgan fingerprint density at radius 1 is 1.33 bits per heavy atom. The van der Waals surface area contributed by atoms with E-state index in [-0.39, 0.29) is 57.0 Å². The summed E-state index contributed by atoms with van der Waals surface area (Å²) in [5, 5.41) is 4.20. The van der Waals surface area contributed by atoms with E-state index in [4.69, 9.17) is 0 Å². The Hall–Kier alpha value is 1.43. The van der Waals surface area contributed by atoms with Crippen molar-refractivity contribution in [3.63, 3.8) is 0 Å². The Morgan fingerprint density at radius 3 is 2.00 bits per heavy atom. The number of hydrogen-bond acceptors (Lipinski definition) is 1. The molecule has 0 nitrogen and oxygen atoms in total. The zero-order chi connectivity index (χ0) is 4.41. The first-order chi connectivity index (χ1) is 2.89. The summed E-state index contributed by atoms with van der Waals surface area (Å²) in [6, 6.07) is 2.10. The molecule has 0 aromatic carbocycles. The van der Waals surface area contributed by atoms with E-state index in [2.05, 4.69) is 23.8 Å². The molecular weight excluding hydrogens is 276 g/mol. The summed E-state index contributed by atoms with van der Waals surface area (Å²) in [6.07, 6.45) is 0. The van der Waals surface area contributed by atoms with E-state index >= 15 is 0 Å². The van der Waals surface area contributed by atoms with Crippen LogP contribution >= 0.6 is 11.3 Å². The zero-order valence-electron chi connectivity index (χ0n) is 5.10. The molecule has 1 rings (SSSR count). The molecule has 1 heterocycles. The molecular formula is C5H6Br2MgS. The van der Waals surface area contributed by atoms with Gasteiger partial charge in [-0.05, 0) is 29.3 Å². The SMILES string of the molecule is Cc1ccsc1.[Br-].[Br-].[Mg+2]. The number of halogens is 2. The number of hydrogen-bond donors (Lipinski definition) is 0. The summed E-state index contributed by atoms with van der Waals surface area (Å²) in [4.78, 5) is 0. The van der Waals surface area contributed by atoms with E-state index in [1.54, 1.807) is 11.3 Å². The Labute approximate surface area is 96.7 Å². The monoisotopic (exact) mass is 280 g/mol. The van der Waals surface area contributed by atoms with Crippen molar-refractivity contribution < 1.29 is 34.0 Å². The number of rotatable bonds is 0. The standard InChI is InChI=1S/C5H6S.2BrH.Mg/c1-5-2-3-6-4-5;;;/h2-4H,1H3;2*1H;/q;;;+2/p-2. The first kappa shape index (κ1) is 16.8. The molecule has 0 aliphatic rings. The summed E-state index contributed by atoms with van der Waals surface area (Å²) >= 11 is 1.74. The maximum absolute atomic E-state index is 2.12. The van der Waals surface area contributed by atoms with Gasteiger partial charge in [0.2, 0.25) is 0 Å². The Morgan fingerprint density at radius 2 is 1.89 bits per heavy atom. The summed E-state index contributed by atoms with van der Waals surface area (Å²) in [6.45, 7) is 2.09. The maximum Gasteiger partial charge on any atom is 2.00 e. The van der Waals surface area contributed by atoms with E-state index in [9.17, 15) is 0 Å². The van der Waals surface area contributed by atoms with E-state index in [1.165, 1.54) is 5.56 Å². The third kappa shape index (κ3) is 7.32. The topological polar surface area (TPSA) is 0 Å². The van der Waals surface area contributed by atoms with Gasteiger partial charge in [0.15, 0.2) is 0 Å². The van der Waals surface area contributed by atoms with Crippen LogP contribution in [-0.4, -0.2) is 23.1 Å². The van der Waals surface area contributed by atoms with Crippen LogP contribution in [0.5, 0.6) is 0 Å². The van der Waals surface area contributed by atoms with Gasteiger partial charge in [-0.2, -0.15) is 11.3 Å². The van der Waals surface area contributed by atoms with E-state index < -0.39 is 0 Å². The Kier molecular flexibility index (Phi) is 17.6. The fourth-order valence-corrected chi connectivity index (χ4v) is 0.998. The van der Waals surface area contributed by atoms with Crippen LogP contribution in [0, 0.1) is 6.92 Å². The van der Waals surface area contributed by atoms with Crippen LogP contribution < -0.4 is 34.0 Å². The molecule has 0 atom stereocenters. The largest absolute Gasteiger partial charge is 2.00 e. The van der Waals surface area contributed by atoms with Gasteiger partial charge < -0.3 is 34.0 Å². The van der Waals surface area contributed by atoms with Crippen molar-refractivity contribution in [1.29, 1.82) is 0 Å². The first-order valence-electron chi connectivity index (χ1n) is 1.88. The van der Waals surface area contributed by atoms with Crippen LogP contribution in [0.2, 0.25) is 0 Å². The van der Waals surface area contributed by atoms with Crippen LogP contribution in [0.3, 0.4) is 0 Å². The minimum absolute atomic E-state index is 0. The zero-order valence-corrected chi connectivity index (χ0v) is 10.5. The van der Waals surface area contributed by atoms with Gasteiger partial charge in [0.05, 0.1) is 0 Å². The Balaban J connectivity index is -0.000000120. The fourth-order valence-electron chi connectivity index (χ4n) is 0.333. The van der Waals surface area contributed by atoms with Gasteiger partial charge in [0, 0.05) is 0 Å². The molecule has 0 aliphatic heterocycles. The van der Waals surface area contributed by atoms with Crippen molar-refractivity contribution in [1.82, 2.24) is 0 Å². The number of thiophene rings is 1. The van der Waals surface area contributed by atoms with Gasteiger partial charge >= 0.3 is 23.1 Å². The third-order valence-electron chi connectivity index (χ3n) is 0.663. The van der Waals surface area contributed by atoms with Gasteiger partial charge in [-0.1, -0.05) is 0 Å². The molecule has 0 spiro atoms. The van der Waals surface area contributed by atoms with Crippen molar-refractivity contribution in [3.8, 4) is 0 Å². The Bertz CT molecular complexity index is 119. The van der Waals surface area contributed by atoms with Gasteiger partial charge in [-0.25, -0.2) is 0 Å². The second-order valence-electron chi connectivity index (χ2n) is 1.30. The van der Waals surface area contributed by atoms with Gasteiger partial charge in [0.1, 0.15) is 0 Å². The van der Waals surface area contributed by atoms with E-state index in [1.807, 2.05) is 0 Å². The van der Waals surface area contributed by atoms with Crippen molar-refractivity contribution in [2.75, 3.05) is 0 Å². The first-order valence-corrected chi connectivity index (χ1v) is 2.82.